The summed E-state index contributed by atoms with van der Waals surface area (Å²) in [5.74, 6) is -2.60. The topological polar surface area (TPSA) is 102 Å². The molecule has 2 aromatic rings. The molecule has 0 aliphatic rings. The highest BCUT2D eigenvalue weighted by molar-refractivity contribution is 7.89. The van der Waals surface area contributed by atoms with Crippen molar-refractivity contribution in [2.24, 2.45) is 0 Å². The van der Waals surface area contributed by atoms with Crippen LogP contribution in [0.1, 0.15) is 6.92 Å². The van der Waals surface area contributed by atoms with Crippen molar-refractivity contribution in [2.45, 2.75) is 17.9 Å². The Morgan fingerprint density at radius 1 is 1.10 bits per heavy atom. The van der Waals surface area contributed by atoms with E-state index in [0.717, 1.165) is 12.1 Å². The van der Waals surface area contributed by atoms with Crippen molar-refractivity contribution in [1.82, 2.24) is 4.72 Å². The first kappa shape index (κ1) is 23.4. The Labute approximate surface area is 181 Å². The summed E-state index contributed by atoms with van der Waals surface area (Å²) in [6.45, 7) is 0.480. The lowest BCUT2D eigenvalue weighted by atomic mass is 10.3. The van der Waals surface area contributed by atoms with E-state index in [4.69, 9.17) is 39.5 Å². The van der Waals surface area contributed by atoms with Crippen molar-refractivity contribution in [3.63, 3.8) is 0 Å². The third-order valence-corrected chi connectivity index (χ3v) is 5.95. The number of carbonyl (C=O) groups is 2. The van der Waals surface area contributed by atoms with Gasteiger partial charge in [0.15, 0.2) is 6.61 Å². The van der Waals surface area contributed by atoms with Crippen molar-refractivity contribution in [3.8, 4) is 0 Å². The molecule has 156 valence electrons. The molecule has 2 rings (SSSR count). The summed E-state index contributed by atoms with van der Waals surface area (Å²) >= 11 is 17.2. The number of hydrogen-bond donors (Lipinski definition) is 2. The number of anilines is 1. The van der Waals surface area contributed by atoms with Crippen LogP contribution in [0, 0.1) is 5.82 Å². The maximum absolute atomic E-state index is 13.6. The molecule has 0 bridgehead atoms. The normalized spacial score (nSPS) is 12.3. The van der Waals surface area contributed by atoms with E-state index in [1.807, 2.05) is 0 Å². The van der Waals surface area contributed by atoms with Crippen LogP contribution in [0.4, 0.5) is 10.1 Å². The molecule has 0 radical (unpaired) electrons. The molecule has 1 amide bonds. The van der Waals surface area contributed by atoms with E-state index >= 15 is 0 Å². The first-order valence-corrected chi connectivity index (χ1v) is 10.5. The molecule has 12 heteroatoms. The minimum atomic E-state index is -4.10. The zero-order chi connectivity index (χ0) is 21.8. The number of carbonyl (C=O) groups excluding carboxylic acids is 2. The minimum Gasteiger partial charge on any atom is -0.454 e. The molecule has 29 heavy (non-hydrogen) atoms. The number of esters is 1. The molecule has 0 aliphatic heterocycles. The smallest absolute Gasteiger partial charge is 0.324 e. The summed E-state index contributed by atoms with van der Waals surface area (Å²) < 4.78 is 45.1. The van der Waals surface area contributed by atoms with E-state index in [1.165, 1.54) is 31.2 Å². The van der Waals surface area contributed by atoms with E-state index in [2.05, 4.69) is 10.0 Å². The molecule has 0 saturated carbocycles. The Hall–Kier alpha value is -1.91. The van der Waals surface area contributed by atoms with Crippen molar-refractivity contribution < 1.29 is 27.1 Å². The Morgan fingerprint density at radius 3 is 2.41 bits per heavy atom. The van der Waals surface area contributed by atoms with E-state index in [9.17, 15) is 22.4 Å². The average Bonchev–Trinajstić information content (AvgIpc) is 2.63. The SMILES string of the molecule is C[C@H](NS(=O)(=O)c1ccc(Cl)c(Cl)c1)C(=O)OCC(=O)Nc1ccc(Cl)cc1F. The van der Waals surface area contributed by atoms with Crippen molar-refractivity contribution >= 4 is 62.4 Å². The van der Waals surface area contributed by atoms with E-state index in [1.54, 1.807) is 0 Å². The predicted molar refractivity (Wildman–Crippen MR) is 107 cm³/mol. The second-order valence-corrected chi connectivity index (χ2v) is 8.66. The Morgan fingerprint density at radius 2 is 1.79 bits per heavy atom. The molecule has 0 saturated heterocycles. The standard InChI is InChI=1S/C17H14Cl3FN2O5S/c1-9(23-29(26,27)11-3-4-12(19)13(20)7-11)17(25)28-8-16(24)22-15-5-2-10(18)6-14(15)21/h2-7,9,23H,8H2,1H3,(H,22,24)/t9-/m0/s1. The fraction of sp³-hybridized carbons (Fsp3) is 0.176. The van der Waals surface area contributed by atoms with Crippen molar-refractivity contribution in [3.05, 3.63) is 57.3 Å². The number of amides is 1. The number of hydrogen-bond acceptors (Lipinski definition) is 5. The summed E-state index contributed by atoms with van der Waals surface area (Å²) in [6.07, 6.45) is 0. The number of benzene rings is 2. The van der Waals surface area contributed by atoms with Gasteiger partial charge in [0, 0.05) is 5.02 Å². The van der Waals surface area contributed by atoms with Crippen molar-refractivity contribution in [2.75, 3.05) is 11.9 Å². The molecule has 0 fully saturated rings. The van der Waals surface area contributed by atoms with Gasteiger partial charge in [-0.15, -0.1) is 0 Å². The molecule has 1 atom stereocenters. The van der Waals surface area contributed by atoms with Crippen LogP contribution < -0.4 is 10.0 Å². The lowest BCUT2D eigenvalue weighted by molar-refractivity contribution is -0.148. The number of ether oxygens (including phenoxy) is 1. The van der Waals surface area contributed by atoms with Crippen LogP contribution in [0.15, 0.2) is 41.3 Å². The molecular formula is C17H14Cl3FN2O5S. The lowest BCUT2D eigenvalue weighted by Gasteiger charge is -2.14. The highest BCUT2D eigenvalue weighted by atomic mass is 35.5. The molecular weight excluding hydrogens is 470 g/mol. The van der Waals surface area contributed by atoms with Crippen LogP contribution in [-0.2, 0) is 24.3 Å². The molecule has 0 heterocycles. The first-order valence-electron chi connectivity index (χ1n) is 7.88. The predicted octanol–water partition coefficient (Wildman–Crippen LogP) is 3.63. The van der Waals surface area contributed by atoms with Gasteiger partial charge in [-0.3, -0.25) is 9.59 Å². The quantitative estimate of drug-likeness (QED) is 0.586. The number of halogens is 4. The first-order chi connectivity index (χ1) is 13.5. The van der Waals surface area contributed by atoms with Crippen molar-refractivity contribution in [1.29, 1.82) is 0 Å². The largest absolute Gasteiger partial charge is 0.454 e. The van der Waals surface area contributed by atoms with Gasteiger partial charge < -0.3 is 10.1 Å². The van der Waals surface area contributed by atoms with Gasteiger partial charge in [0.2, 0.25) is 10.0 Å². The Kier molecular flexibility index (Phi) is 7.84. The average molecular weight is 484 g/mol. The molecule has 0 aliphatic carbocycles. The minimum absolute atomic E-state index is 0.0240. The van der Waals surface area contributed by atoms with Gasteiger partial charge in [-0.25, -0.2) is 12.8 Å². The molecule has 0 unspecified atom stereocenters. The van der Waals surface area contributed by atoms with Gasteiger partial charge in [-0.05, 0) is 43.3 Å². The van der Waals surface area contributed by atoms with E-state index < -0.39 is 40.4 Å². The van der Waals surface area contributed by atoms with Gasteiger partial charge in [0.1, 0.15) is 11.9 Å². The third kappa shape index (κ3) is 6.55. The summed E-state index contributed by atoms with van der Waals surface area (Å²) in [7, 11) is -4.10. The molecule has 0 aromatic heterocycles. The monoisotopic (exact) mass is 482 g/mol. The molecule has 7 nitrogen and oxygen atoms in total. The van der Waals surface area contributed by atoms with Gasteiger partial charge in [0.25, 0.3) is 5.91 Å². The second-order valence-electron chi connectivity index (χ2n) is 5.70. The second kappa shape index (κ2) is 9.73. The molecule has 0 spiro atoms. The number of rotatable bonds is 7. The van der Waals surface area contributed by atoms with Crippen LogP contribution >= 0.6 is 34.8 Å². The Balaban J connectivity index is 1.92. The fourth-order valence-electron chi connectivity index (χ4n) is 2.03. The maximum atomic E-state index is 13.6. The van der Waals surface area contributed by atoms with Gasteiger partial charge in [-0.1, -0.05) is 34.8 Å². The van der Waals surface area contributed by atoms with Crippen LogP contribution in [0.25, 0.3) is 0 Å². The fourth-order valence-corrected chi connectivity index (χ4v) is 3.77. The van der Waals surface area contributed by atoms with Crippen LogP contribution in [0.3, 0.4) is 0 Å². The molecule has 2 aromatic carbocycles. The Bertz CT molecular complexity index is 1050. The van der Waals surface area contributed by atoms with Gasteiger partial charge >= 0.3 is 5.97 Å². The van der Waals surface area contributed by atoms with E-state index in [-0.39, 0.29) is 25.7 Å². The number of nitrogens with one attached hydrogen (secondary N) is 2. The van der Waals surface area contributed by atoms with Gasteiger partial charge in [0.05, 0.1) is 20.6 Å². The highest BCUT2D eigenvalue weighted by Gasteiger charge is 2.24. The highest BCUT2D eigenvalue weighted by Crippen LogP contribution is 2.25. The zero-order valence-corrected chi connectivity index (χ0v) is 17.8. The van der Waals surface area contributed by atoms with Crippen LogP contribution in [0.5, 0.6) is 0 Å². The lowest BCUT2D eigenvalue weighted by Crippen LogP contribution is -2.40. The molecule has 2 N–H and O–H groups in total. The van der Waals surface area contributed by atoms with Crippen LogP contribution in [0.2, 0.25) is 15.1 Å². The summed E-state index contributed by atoms with van der Waals surface area (Å²) in [4.78, 5) is 23.6. The summed E-state index contributed by atoms with van der Waals surface area (Å²) in [5.41, 5.74) is -0.149. The maximum Gasteiger partial charge on any atom is 0.324 e. The van der Waals surface area contributed by atoms with Crippen LogP contribution in [-0.4, -0.2) is 32.9 Å². The zero-order valence-electron chi connectivity index (χ0n) is 14.7. The van der Waals surface area contributed by atoms with Gasteiger partial charge in [-0.2, -0.15) is 4.72 Å². The van der Waals surface area contributed by atoms with E-state index in [0.29, 0.717) is 0 Å². The summed E-state index contributed by atoms with van der Waals surface area (Å²) in [6, 6.07) is 5.93. The number of sulfonamides is 1. The summed E-state index contributed by atoms with van der Waals surface area (Å²) in [5, 5.41) is 2.54. The third-order valence-electron chi connectivity index (χ3n) is 3.44.